The van der Waals surface area contributed by atoms with Gasteiger partial charge in [-0.15, -0.1) is 6.58 Å². The van der Waals surface area contributed by atoms with Crippen molar-refractivity contribution < 1.29 is 28.5 Å². The summed E-state index contributed by atoms with van der Waals surface area (Å²) >= 11 is 0. The molecule has 0 aliphatic heterocycles. The molecule has 0 amide bonds. The summed E-state index contributed by atoms with van der Waals surface area (Å²) in [5.41, 5.74) is 0. The summed E-state index contributed by atoms with van der Waals surface area (Å²) in [5.74, 6) is 0. The summed E-state index contributed by atoms with van der Waals surface area (Å²) in [6.45, 7) is 4.77. The van der Waals surface area contributed by atoms with Crippen LogP contribution in [0.25, 0.3) is 0 Å². The number of allylic oxidation sites excluding steroid dienone is 1. The van der Waals surface area contributed by atoms with Gasteiger partial charge >= 0.3 is 0 Å². The minimum absolute atomic E-state index is 0. The molecule has 1 heterocycles. The summed E-state index contributed by atoms with van der Waals surface area (Å²) in [6.07, 6.45) is 8.41. The Morgan fingerprint density at radius 2 is 1.83 bits per heavy atom. The van der Waals surface area contributed by atoms with Gasteiger partial charge in [-0.1, -0.05) is 12.1 Å². The van der Waals surface area contributed by atoms with Gasteiger partial charge in [-0.2, -0.15) is 0 Å². The van der Waals surface area contributed by atoms with E-state index in [0.29, 0.717) is 0 Å². The highest BCUT2D eigenvalue weighted by atomic mass is 127. The molecule has 0 spiro atoms. The lowest BCUT2D eigenvalue weighted by Crippen LogP contribution is -3.00. The van der Waals surface area contributed by atoms with Gasteiger partial charge in [0.25, 0.3) is 0 Å². The van der Waals surface area contributed by atoms with Gasteiger partial charge < -0.3 is 24.0 Å². The van der Waals surface area contributed by atoms with E-state index >= 15 is 0 Å². The second-order valence-electron chi connectivity index (χ2n) is 2.54. The third-order valence-corrected chi connectivity index (χ3v) is 1.60. The average Bonchev–Trinajstić information content (AvgIpc) is 2.07. The number of aromatic nitrogens is 1. The molecule has 0 saturated heterocycles. The Morgan fingerprint density at radius 1 is 1.17 bits per heavy atom. The van der Waals surface area contributed by atoms with Crippen LogP contribution in [0.2, 0.25) is 0 Å². The third-order valence-electron chi connectivity index (χ3n) is 1.60. The van der Waals surface area contributed by atoms with E-state index in [-0.39, 0.29) is 24.0 Å². The molecule has 66 valence electrons. The Labute approximate surface area is 91.1 Å². The zero-order chi connectivity index (χ0) is 7.94. The summed E-state index contributed by atoms with van der Waals surface area (Å²) in [6, 6.07) is 6.13. The quantitative estimate of drug-likeness (QED) is 0.286. The van der Waals surface area contributed by atoms with Crippen LogP contribution in [-0.2, 0) is 6.54 Å². The third kappa shape index (κ3) is 4.49. The van der Waals surface area contributed by atoms with E-state index in [1.54, 1.807) is 0 Å². The van der Waals surface area contributed by atoms with Gasteiger partial charge in [0.1, 0.15) is 6.54 Å². The minimum Gasteiger partial charge on any atom is -1.00 e. The molecule has 0 aromatic carbocycles. The molecule has 1 nitrogen and oxygen atoms in total. The van der Waals surface area contributed by atoms with Gasteiger partial charge in [-0.25, -0.2) is 4.57 Å². The van der Waals surface area contributed by atoms with Crippen molar-refractivity contribution in [2.75, 3.05) is 0 Å². The van der Waals surface area contributed by atoms with Gasteiger partial charge in [0.05, 0.1) is 0 Å². The van der Waals surface area contributed by atoms with Crippen molar-refractivity contribution >= 4 is 0 Å². The molecular weight excluding hydrogens is 261 g/mol. The minimum atomic E-state index is 0. The number of hydrogen-bond acceptors (Lipinski definition) is 0. The topological polar surface area (TPSA) is 3.88 Å². The standard InChI is InChI=1S/C10H14N.HI/c1-2-3-5-8-11-9-6-4-7-10-11;/h2,4,6-7,9-10H,1,3,5,8H2;1H/q+1;/p-1. The average molecular weight is 275 g/mol. The number of aryl methyl sites for hydroxylation is 1. The number of unbranched alkanes of at least 4 members (excludes halogenated alkanes) is 1. The van der Waals surface area contributed by atoms with Gasteiger partial charge in [-0.3, -0.25) is 0 Å². The van der Waals surface area contributed by atoms with Gasteiger partial charge in [0.2, 0.25) is 0 Å². The normalized spacial score (nSPS) is 8.67. The smallest absolute Gasteiger partial charge is 0.168 e. The SMILES string of the molecule is C=CCCC[n+]1ccccc1.[I-]. The lowest BCUT2D eigenvalue weighted by Gasteiger charge is -1.92. The maximum atomic E-state index is 3.68. The van der Waals surface area contributed by atoms with Gasteiger partial charge in [0, 0.05) is 18.6 Å². The Bertz CT molecular complexity index is 208. The van der Waals surface area contributed by atoms with Crippen LogP contribution in [-0.4, -0.2) is 0 Å². The molecule has 0 unspecified atom stereocenters. The summed E-state index contributed by atoms with van der Waals surface area (Å²) < 4.78 is 2.18. The van der Waals surface area contributed by atoms with Crippen LogP contribution in [0.5, 0.6) is 0 Å². The Hall–Kier alpha value is -0.380. The molecule has 0 bridgehead atoms. The van der Waals surface area contributed by atoms with Crippen molar-refractivity contribution in [2.45, 2.75) is 19.4 Å². The van der Waals surface area contributed by atoms with Crippen molar-refractivity contribution in [3.8, 4) is 0 Å². The van der Waals surface area contributed by atoms with Crippen LogP contribution in [0.1, 0.15) is 12.8 Å². The molecule has 0 saturated carbocycles. The van der Waals surface area contributed by atoms with Crippen molar-refractivity contribution in [3.05, 3.63) is 43.2 Å². The molecule has 12 heavy (non-hydrogen) atoms. The molecule has 1 aromatic rings. The predicted octanol–water partition coefficient (Wildman–Crippen LogP) is -1.06. The first-order valence-electron chi connectivity index (χ1n) is 3.98. The maximum Gasteiger partial charge on any atom is 0.168 e. The first-order chi connectivity index (χ1) is 5.43. The number of halogens is 1. The molecule has 1 aromatic heterocycles. The summed E-state index contributed by atoms with van der Waals surface area (Å²) in [5, 5.41) is 0. The van der Waals surface area contributed by atoms with E-state index < -0.39 is 0 Å². The molecule has 0 N–H and O–H groups in total. The van der Waals surface area contributed by atoms with E-state index in [1.165, 1.54) is 6.42 Å². The predicted molar refractivity (Wildman–Crippen MR) is 46.1 cm³/mol. The van der Waals surface area contributed by atoms with Crippen LogP contribution in [0.3, 0.4) is 0 Å². The number of rotatable bonds is 4. The fourth-order valence-corrected chi connectivity index (χ4v) is 1.00. The van der Waals surface area contributed by atoms with E-state index in [1.807, 2.05) is 24.3 Å². The zero-order valence-electron chi connectivity index (χ0n) is 7.12. The second-order valence-corrected chi connectivity index (χ2v) is 2.54. The van der Waals surface area contributed by atoms with Crippen molar-refractivity contribution in [3.63, 3.8) is 0 Å². The molecule has 2 heteroatoms. The van der Waals surface area contributed by atoms with Crippen LogP contribution < -0.4 is 28.5 Å². The molecule has 0 fully saturated rings. The number of nitrogens with zero attached hydrogens (tertiary/aromatic N) is 1. The lowest BCUT2D eigenvalue weighted by atomic mass is 10.3. The van der Waals surface area contributed by atoms with E-state index in [2.05, 4.69) is 23.5 Å². The Morgan fingerprint density at radius 3 is 2.42 bits per heavy atom. The largest absolute Gasteiger partial charge is 1.00 e. The van der Waals surface area contributed by atoms with Crippen molar-refractivity contribution in [1.29, 1.82) is 0 Å². The fraction of sp³-hybridized carbons (Fsp3) is 0.300. The number of hydrogen-bond donors (Lipinski definition) is 0. The summed E-state index contributed by atoms with van der Waals surface area (Å²) in [4.78, 5) is 0. The van der Waals surface area contributed by atoms with Crippen LogP contribution >= 0.6 is 0 Å². The van der Waals surface area contributed by atoms with E-state index in [0.717, 1.165) is 13.0 Å². The zero-order valence-corrected chi connectivity index (χ0v) is 9.28. The first-order valence-corrected chi connectivity index (χ1v) is 3.98. The second kappa shape index (κ2) is 7.28. The molecule has 0 aliphatic rings. The monoisotopic (exact) mass is 275 g/mol. The Balaban J connectivity index is 0.00000121. The van der Waals surface area contributed by atoms with Gasteiger partial charge in [-0.05, 0) is 6.42 Å². The van der Waals surface area contributed by atoms with Crippen LogP contribution in [0.15, 0.2) is 43.2 Å². The highest BCUT2D eigenvalue weighted by Gasteiger charge is 1.94. The molecule has 1 rings (SSSR count). The van der Waals surface area contributed by atoms with Crippen LogP contribution in [0.4, 0.5) is 0 Å². The molecular formula is C10H14IN. The highest BCUT2D eigenvalue weighted by Crippen LogP contribution is 1.88. The van der Waals surface area contributed by atoms with Gasteiger partial charge in [0.15, 0.2) is 12.4 Å². The van der Waals surface area contributed by atoms with Crippen molar-refractivity contribution in [2.24, 2.45) is 0 Å². The lowest BCUT2D eigenvalue weighted by molar-refractivity contribution is -0.697. The van der Waals surface area contributed by atoms with Crippen molar-refractivity contribution in [1.82, 2.24) is 0 Å². The number of pyridine rings is 1. The molecule has 0 atom stereocenters. The fourth-order valence-electron chi connectivity index (χ4n) is 1.00. The molecule has 0 radical (unpaired) electrons. The van der Waals surface area contributed by atoms with E-state index in [4.69, 9.17) is 0 Å². The Kier molecular flexibility index (Phi) is 7.05. The van der Waals surface area contributed by atoms with Crippen LogP contribution in [0, 0.1) is 0 Å². The maximum absolute atomic E-state index is 3.68. The highest BCUT2D eigenvalue weighted by molar-refractivity contribution is 4.83. The first kappa shape index (κ1) is 11.6. The van der Waals surface area contributed by atoms with E-state index in [9.17, 15) is 0 Å². The summed E-state index contributed by atoms with van der Waals surface area (Å²) in [7, 11) is 0. The molecule has 0 aliphatic carbocycles.